The molecule has 0 aromatic carbocycles. The van der Waals surface area contributed by atoms with E-state index in [1.807, 2.05) is 0 Å². The second-order valence-electron chi connectivity index (χ2n) is 3.79. The summed E-state index contributed by atoms with van der Waals surface area (Å²) in [6.07, 6.45) is 4.55. The Kier molecular flexibility index (Phi) is 5.70. The van der Waals surface area contributed by atoms with Crippen molar-refractivity contribution in [1.82, 2.24) is 9.97 Å². The van der Waals surface area contributed by atoms with Crippen LogP contribution in [0.4, 0.5) is 5.95 Å². The summed E-state index contributed by atoms with van der Waals surface area (Å²) in [5.74, 6) is 1.36. The average Bonchev–Trinajstić information content (AvgIpc) is 2.24. The number of aromatic nitrogens is 2. The van der Waals surface area contributed by atoms with Gasteiger partial charge in [-0.3, -0.25) is 0 Å². The van der Waals surface area contributed by atoms with Crippen LogP contribution in [0.1, 0.15) is 20.3 Å². The minimum Gasteiger partial charge on any atom is -0.380 e. The van der Waals surface area contributed by atoms with E-state index in [9.17, 15) is 0 Å². The molecule has 1 N–H and O–H groups in total. The lowest BCUT2D eigenvalue weighted by atomic mass is 10.1. The van der Waals surface area contributed by atoms with Gasteiger partial charge in [-0.15, -0.1) is 0 Å². The average molecular weight is 209 g/mol. The van der Waals surface area contributed by atoms with Crippen molar-refractivity contribution in [3.8, 4) is 0 Å². The summed E-state index contributed by atoms with van der Waals surface area (Å²) < 4.78 is 5.45. The Hall–Kier alpha value is -1.16. The summed E-state index contributed by atoms with van der Waals surface area (Å²) in [5, 5.41) is 3.09. The lowest BCUT2D eigenvalue weighted by molar-refractivity contribution is 0.132. The lowest BCUT2D eigenvalue weighted by Crippen LogP contribution is -2.12. The highest BCUT2D eigenvalue weighted by Gasteiger charge is 1.95. The van der Waals surface area contributed by atoms with E-state index in [1.165, 1.54) is 0 Å². The van der Waals surface area contributed by atoms with Crippen LogP contribution in [-0.2, 0) is 4.74 Å². The van der Waals surface area contributed by atoms with Gasteiger partial charge in [0, 0.05) is 25.5 Å². The first-order valence-electron chi connectivity index (χ1n) is 5.37. The zero-order valence-corrected chi connectivity index (χ0v) is 9.44. The molecule has 0 saturated heterocycles. The predicted octanol–water partition coefficient (Wildman–Crippen LogP) is 1.95. The fourth-order valence-corrected chi connectivity index (χ4v) is 1.05. The smallest absolute Gasteiger partial charge is 0.222 e. The number of anilines is 1. The molecule has 15 heavy (non-hydrogen) atoms. The van der Waals surface area contributed by atoms with Crippen LogP contribution in [0.15, 0.2) is 18.5 Å². The predicted molar refractivity (Wildman–Crippen MR) is 60.8 cm³/mol. The SMILES string of the molecule is CC(C)CCOCCNc1ncccn1. The van der Waals surface area contributed by atoms with Crippen molar-refractivity contribution < 1.29 is 4.74 Å². The minimum absolute atomic E-state index is 0.657. The van der Waals surface area contributed by atoms with Gasteiger partial charge in [0.2, 0.25) is 5.95 Å². The van der Waals surface area contributed by atoms with E-state index in [-0.39, 0.29) is 0 Å². The first-order chi connectivity index (χ1) is 7.29. The Morgan fingerprint density at radius 3 is 2.67 bits per heavy atom. The highest BCUT2D eigenvalue weighted by atomic mass is 16.5. The Balaban J connectivity index is 1.98. The van der Waals surface area contributed by atoms with E-state index in [2.05, 4.69) is 29.1 Å². The topological polar surface area (TPSA) is 47.0 Å². The van der Waals surface area contributed by atoms with Gasteiger partial charge in [-0.25, -0.2) is 9.97 Å². The van der Waals surface area contributed by atoms with E-state index >= 15 is 0 Å². The van der Waals surface area contributed by atoms with Crippen LogP contribution in [0.3, 0.4) is 0 Å². The second kappa shape index (κ2) is 7.17. The lowest BCUT2D eigenvalue weighted by Gasteiger charge is -2.07. The molecule has 4 nitrogen and oxygen atoms in total. The molecule has 1 aromatic heterocycles. The first kappa shape index (κ1) is 11.9. The Morgan fingerprint density at radius 1 is 1.27 bits per heavy atom. The van der Waals surface area contributed by atoms with Crippen LogP contribution in [0.2, 0.25) is 0 Å². The zero-order valence-electron chi connectivity index (χ0n) is 9.44. The number of rotatable bonds is 7. The molecule has 0 fully saturated rings. The van der Waals surface area contributed by atoms with Crippen molar-refractivity contribution in [2.75, 3.05) is 25.1 Å². The molecule has 0 spiro atoms. The van der Waals surface area contributed by atoms with Crippen molar-refractivity contribution in [3.05, 3.63) is 18.5 Å². The second-order valence-corrected chi connectivity index (χ2v) is 3.79. The fourth-order valence-electron chi connectivity index (χ4n) is 1.05. The summed E-state index contributed by atoms with van der Waals surface area (Å²) in [5.41, 5.74) is 0. The molecule has 1 aromatic rings. The van der Waals surface area contributed by atoms with Gasteiger partial charge in [-0.05, 0) is 18.4 Å². The Labute approximate surface area is 91.1 Å². The number of nitrogens with one attached hydrogen (secondary N) is 1. The van der Waals surface area contributed by atoms with Crippen molar-refractivity contribution in [3.63, 3.8) is 0 Å². The van der Waals surface area contributed by atoms with Gasteiger partial charge in [-0.2, -0.15) is 0 Å². The molecule has 0 aliphatic rings. The zero-order chi connectivity index (χ0) is 10.9. The minimum atomic E-state index is 0.657. The van der Waals surface area contributed by atoms with Crippen LogP contribution < -0.4 is 5.32 Å². The standard InChI is InChI=1S/C11H19N3O/c1-10(2)4-8-15-9-7-14-11-12-5-3-6-13-11/h3,5-6,10H,4,7-9H2,1-2H3,(H,12,13,14). The van der Waals surface area contributed by atoms with Crippen molar-refractivity contribution in [2.24, 2.45) is 5.92 Å². The molecule has 4 heteroatoms. The third kappa shape index (κ3) is 6.01. The molecule has 0 atom stereocenters. The molecule has 0 unspecified atom stereocenters. The first-order valence-corrected chi connectivity index (χ1v) is 5.37. The summed E-state index contributed by atoms with van der Waals surface area (Å²) >= 11 is 0. The third-order valence-electron chi connectivity index (χ3n) is 1.93. The molecule has 0 aliphatic heterocycles. The molecule has 0 saturated carbocycles. The van der Waals surface area contributed by atoms with Gasteiger partial charge in [0.1, 0.15) is 0 Å². The molecule has 0 radical (unpaired) electrons. The molecular weight excluding hydrogens is 190 g/mol. The van der Waals surface area contributed by atoms with Gasteiger partial charge in [0.05, 0.1) is 6.61 Å². The normalized spacial score (nSPS) is 10.6. The highest BCUT2D eigenvalue weighted by molar-refractivity contribution is 5.21. The van der Waals surface area contributed by atoms with Crippen LogP contribution >= 0.6 is 0 Å². The Bertz CT molecular complexity index is 251. The van der Waals surface area contributed by atoms with Crippen molar-refractivity contribution >= 4 is 5.95 Å². The Morgan fingerprint density at radius 2 is 2.00 bits per heavy atom. The molecule has 1 heterocycles. The molecule has 1 rings (SSSR count). The summed E-state index contributed by atoms with van der Waals surface area (Å²) in [7, 11) is 0. The monoisotopic (exact) mass is 209 g/mol. The van der Waals surface area contributed by atoms with Gasteiger partial charge < -0.3 is 10.1 Å². The van der Waals surface area contributed by atoms with Crippen LogP contribution in [0.5, 0.6) is 0 Å². The third-order valence-corrected chi connectivity index (χ3v) is 1.93. The summed E-state index contributed by atoms with van der Waals surface area (Å²) in [6, 6.07) is 1.80. The maximum atomic E-state index is 5.45. The van der Waals surface area contributed by atoms with Gasteiger partial charge >= 0.3 is 0 Å². The molecule has 0 amide bonds. The van der Waals surface area contributed by atoms with Gasteiger partial charge in [-0.1, -0.05) is 13.8 Å². The quantitative estimate of drug-likeness (QED) is 0.697. The summed E-state index contributed by atoms with van der Waals surface area (Å²) in [4.78, 5) is 8.09. The van der Waals surface area contributed by atoms with E-state index in [1.54, 1.807) is 18.5 Å². The fraction of sp³-hybridized carbons (Fsp3) is 0.636. The number of ether oxygens (including phenoxy) is 1. The summed E-state index contributed by atoms with van der Waals surface area (Å²) in [6.45, 7) is 6.67. The van der Waals surface area contributed by atoms with E-state index in [4.69, 9.17) is 4.74 Å². The van der Waals surface area contributed by atoms with Crippen LogP contribution in [0, 0.1) is 5.92 Å². The molecule has 0 aliphatic carbocycles. The maximum Gasteiger partial charge on any atom is 0.222 e. The number of hydrogen-bond acceptors (Lipinski definition) is 4. The molecule has 84 valence electrons. The van der Waals surface area contributed by atoms with E-state index < -0.39 is 0 Å². The molecular formula is C11H19N3O. The highest BCUT2D eigenvalue weighted by Crippen LogP contribution is 1.98. The van der Waals surface area contributed by atoms with Gasteiger partial charge in [0.15, 0.2) is 0 Å². The maximum absolute atomic E-state index is 5.45. The van der Waals surface area contributed by atoms with Gasteiger partial charge in [0.25, 0.3) is 0 Å². The van der Waals surface area contributed by atoms with E-state index in [0.717, 1.165) is 19.6 Å². The largest absolute Gasteiger partial charge is 0.380 e. The van der Waals surface area contributed by atoms with Crippen molar-refractivity contribution in [1.29, 1.82) is 0 Å². The number of nitrogens with zero attached hydrogens (tertiary/aromatic N) is 2. The van der Waals surface area contributed by atoms with E-state index in [0.29, 0.717) is 18.5 Å². The molecule has 0 bridgehead atoms. The number of hydrogen-bond donors (Lipinski definition) is 1. The van der Waals surface area contributed by atoms with Crippen molar-refractivity contribution in [2.45, 2.75) is 20.3 Å². The van der Waals surface area contributed by atoms with Crippen LogP contribution in [-0.4, -0.2) is 29.7 Å². The van der Waals surface area contributed by atoms with Crippen LogP contribution in [0.25, 0.3) is 0 Å².